The zero-order valence-corrected chi connectivity index (χ0v) is 19.2. The van der Waals surface area contributed by atoms with Crippen molar-refractivity contribution in [3.63, 3.8) is 0 Å². The van der Waals surface area contributed by atoms with Crippen LogP contribution in [0.5, 0.6) is 0 Å². The number of halogens is 10. The first-order valence-electron chi connectivity index (χ1n) is 4.00. The first-order valence-corrected chi connectivity index (χ1v) is 4.00. The van der Waals surface area contributed by atoms with Gasteiger partial charge < -0.3 is 0 Å². The third-order valence-corrected chi connectivity index (χ3v) is 1.33. The van der Waals surface area contributed by atoms with Crippen LogP contribution in [0.4, 0.5) is 0 Å². The monoisotopic (exact) mass is 516 g/mol. The summed E-state index contributed by atoms with van der Waals surface area (Å²) in [6.45, 7) is 0. The number of rotatable bonds is 0. The summed E-state index contributed by atoms with van der Waals surface area (Å²) in [5.41, 5.74) is 0. The van der Waals surface area contributed by atoms with Crippen molar-refractivity contribution in [2.24, 2.45) is 0 Å². The molecule has 0 heterocycles. The average Bonchev–Trinajstić information content (AvgIpc) is 2.24. The molecule has 140 valence electrons. The van der Waals surface area contributed by atoms with Crippen LogP contribution < -0.4 is 0 Å². The minimum atomic E-state index is 0. The van der Waals surface area contributed by atoms with Crippen LogP contribution in [-0.2, 0) is 0 Å². The Morgan fingerprint density at radius 1 is 0.136 bits per heavy atom. The van der Waals surface area contributed by atoms with Gasteiger partial charge in [0.15, 0.2) is 0 Å². The maximum atomic E-state index is 2.00. The van der Waals surface area contributed by atoms with Gasteiger partial charge in [-0.05, 0) is 0 Å². The van der Waals surface area contributed by atoms with E-state index in [1.807, 2.05) is 72.8 Å². The lowest BCUT2D eigenvalue weighted by molar-refractivity contribution is 1.72. The second kappa shape index (κ2) is 57.2. The molecule has 2 aromatic rings. The van der Waals surface area contributed by atoms with Gasteiger partial charge >= 0.3 is 0 Å². The molecule has 22 heavy (non-hydrogen) atoms. The SMILES string of the molecule is Cl.Cl.Cl.Cl.Cl.Cl.Cl.Cl.Cl.Cl.c1ccccc1.c1ccccc1. The highest BCUT2D eigenvalue weighted by Crippen LogP contribution is 1.80. The van der Waals surface area contributed by atoms with Gasteiger partial charge in [-0.25, -0.2) is 0 Å². The molecule has 0 atom stereocenters. The van der Waals surface area contributed by atoms with Crippen LogP contribution in [0.2, 0.25) is 0 Å². The molecule has 0 amide bonds. The van der Waals surface area contributed by atoms with E-state index >= 15 is 0 Å². The van der Waals surface area contributed by atoms with E-state index in [0.717, 1.165) is 0 Å². The quantitative estimate of drug-likeness (QED) is 0.336. The van der Waals surface area contributed by atoms with Crippen molar-refractivity contribution in [3.8, 4) is 0 Å². The van der Waals surface area contributed by atoms with Crippen molar-refractivity contribution in [2.75, 3.05) is 0 Å². The Kier molecular flexibility index (Phi) is 170. The van der Waals surface area contributed by atoms with Gasteiger partial charge in [-0.2, -0.15) is 0 Å². The van der Waals surface area contributed by atoms with Crippen LogP contribution in [0.3, 0.4) is 0 Å². The fourth-order valence-corrected chi connectivity index (χ4v) is 0.770. The Hall–Kier alpha value is 1.34. The molecular formula is C12H22Cl10. The summed E-state index contributed by atoms with van der Waals surface area (Å²) in [5.74, 6) is 0. The molecule has 0 fully saturated rings. The van der Waals surface area contributed by atoms with E-state index in [2.05, 4.69) is 0 Å². The summed E-state index contributed by atoms with van der Waals surface area (Å²) in [4.78, 5) is 0. The van der Waals surface area contributed by atoms with Crippen molar-refractivity contribution in [1.29, 1.82) is 0 Å². The molecule has 0 nitrogen and oxygen atoms in total. The normalized spacial score (nSPS) is 4.36. The van der Waals surface area contributed by atoms with E-state index < -0.39 is 0 Å². The molecule has 0 saturated heterocycles. The zero-order valence-electron chi connectivity index (χ0n) is 11.0. The van der Waals surface area contributed by atoms with E-state index in [4.69, 9.17) is 0 Å². The van der Waals surface area contributed by atoms with Crippen molar-refractivity contribution in [1.82, 2.24) is 0 Å². The minimum Gasteiger partial charge on any atom is -0.147 e. The number of hydrogen-bond acceptors (Lipinski definition) is 0. The molecule has 0 radical (unpaired) electrons. The van der Waals surface area contributed by atoms with Crippen molar-refractivity contribution in [2.45, 2.75) is 0 Å². The summed E-state index contributed by atoms with van der Waals surface area (Å²) in [6, 6.07) is 24.0. The van der Waals surface area contributed by atoms with Crippen LogP contribution in [0, 0.1) is 0 Å². The maximum absolute atomic E-state index is 2.00. The second-order valence-corrected chi connectivity index (χ2v) is 2.31. The Balaban J connectivity index is -0.0000000112. The lowest BCUT2D eigenvalue weighted by atomic mass is 10.4. The lowest BCUT2D eigenvalue weighted by Gasteiger charge is -1.69. The largest absolute Gasteiger partial charge is 0.147 e. The van der Waals surface area contributed by atoms with E-state index in [9.17, 15) is 0 Å². The molecule has 0 aromatic heterocycles. The van der Waals surface area contributed by atoms with E-state index in [1.165, 1.54) is 0 Å². The first kappa shape index (κ1) is 65.5. The highest BCUT2D eigenvalue weighted by Gasteiger charge is 1.58. The average molecular weight is 521 g/mol. The molecular weight excluding hydrogens is 499 g/mol. The van der Waals surface area contributed by atoms with E-state index in [-0.39, 0.29) is 124 Å². The van der Waals surface area contributed by atoms with Gasteiger partial charge in [-0.15, -0.1) is 124 Å². The fourth-order valence-electron chi connectivity index (χ4n) is 0.770. The van der Waals surface area contributed by atoms with E-state index in [0.29, 0.717) is 0 Å². The Bertz CT molecular complexity index is 197. The highest BCUT2D eigenvalue weighted by molar-refractivity contribution is 5.86. The van der Waals surface area contributed by atoms with Crippen LogP contribution >= 0.6 is 124 Å². The van der Waals surface area contributed by atoms with Gasteiger partial charge in [-0.1, -0.05) is 72.8 Å². The molecule has 0 aliphatic rings. The molecule has 0 N–H and O–H groups in total. The summed E-state index contributed by atoms with van der Waals surface area (Å²) >= 11 is 0. The molecule has 0 spiro atoms. The second-order valence-electron chi connectivity index (χ2n) is 2.31. The van der Waals surface area contributed by atoms with Crippen LogP contribution in [0.1, 0.15) is 0 Å². The summed E-state index contributed by atoms with van der Waals surface area (Å²) in [5, 5.41) is 0. The Labute approximate surface area is 195 Å². The fraction of sp³-hybridized carbons (Fsp3) is 0. The Morgan fingerprint density at radius 3 is 0.227 bits per heavy atom. The summed E-state index contributed by atoms with van der Waals surface area (Å²) < 4.78 is 0. The predicted octanol–water partition coefficient (Wildman–Crippen LogP) is 7.59. The van der Waals surface area contributed by atoms with Crippen LogP contribution in [0.15, 0.2) is 72.8 Å². The zero-order chi connectivity index (χ0) is 8.49. The summed E-state index contributed by atoms with van der Waals surface area (Å²) in [6.07, 6.45) is 0. The topological polar surface area (TPSA) is 0 Å². The third-order valence-electron chi connectivity index (χ3n) is 1.33. The van der Waals surface area contributed by atoms with Gasteiger partial charge in [0.2, 0.25) is 0 Å². The van der Waals surface area contributed by atoms with Gasteiger partial charge in [0.25, 0.3) is 0 Å². The third kappa shape index (κ3) is 49.6. The smallest absolute Gasteiger partial charge is 0.0623 e. The van der Waals surface area contributed by atoms with Crippen molar-refractivity contribution >= 4 is 124 Å². The predicted molar refractivity (Wildman–Crippen MR) is 125 cm³/mol. The first-order chi connectivity index (χ1) is 6.00. The lowest BCUT2D eigenvalue weighted by Crippen LogP contribution is -1.47. The molecule has 0 saturated carbocycles. The molecule has 10 heteroatoms. The molecule has 0 aliphatic carbocycles. The molecule has 2 aromatic carbocycles. The van der Waals surface area contributed by atoms with Crippen LogP contribution in [-0.4, -0.2) is 0 Å². The molecule has 0 unspecified atom stereocenters. The van der Waals surface area contributed by atoms with Crippen molar-refractivity contribution in [3.05, 3.63) is 72.8 Å². The van der Waals surface area contributed by atoms with Crippen molar-refractivity contribution < 1.29 is 0 Å². The number of benzene rings is 2. The summed E-state index contributed by atoms with van der Waals surface area (Å²) in [7, 11) is 0. The van der Waals surface area contributed by atoms with Crippen LogP contribution in [0.25, 0.3) is 0 Å². The van der Waals surface area contributed by atoms with E-state index in [1.54, 1.807) is 0 Å². The van der Waals surface area contributed by atoms with Gasteiger partial charge in [0.1, 0.15) is 0 Å². The van der Waals surface area contributed by atoms with Gasteiger partial charge in [0.05, 0.1) is 0 Å². The minimum absolute atomic E-state index is 0. The maximum Gasteiger partial charge on any atom is -0.0623 e. The molecule has 0 aliphatic heterocycles. The molecule has 0 bridgehead atoms. The number of hydrogen-bond donors (Lipinski definition) is 0. The standard InChI is InChI=1S/2C6H6.10ClH/c2*1-2-4-6-5-3-1;;;;;;;;;;/h2*1-6H;10*1H. The van der Waals surface area contributed by atoms with Gasteiger partial charge in [0, 0.05) is 0 Å². The Morgan fingerprint density at radius 2 is 0.182 bits per heavy atom. The molecule has 2 rings (SSSR count). The van der Waals surface area contributed by atoms with Gasteiger partial charge in [-0.3, -0.25) is 0 Å². The highest BCUT2D eigenvalue weighted by atomic mass is 35.5.